The maximum atomic E-state index is 12.0. The Morgan fingerprint density at radius 2 is 1.67 bits per heavy atom. The summed E-state index contributed by atoms with van der Waals surface area (Å²) < 4.78 is 0. The third-order valence-electron chi connectivity index (χ3n) is 5.70. The highest BCUT2D eigenvalue weighted by Crippen LogP contribution is 2.32. The van der Waals surface area contributed by atoms with Gasteiger partial charge in [0, 0.05) is 50.8 Å². The summed E-state index contributed by atoms with van der Waals surface area (Å²) in [7, 11) is 0. The minimum Gasteiger partial charge on any atom is -0.356 e. The van der Waals surface area contributed by atoms with Crippen LogP contribution in [0.15, 0.2) is 18.2 Å². The zero-order valence-corrected chi connectivity index (χ0v) is 19.7. The molecule has 33 heavy (non-hydrogen) atoms. The Hall–Kier alpha value is -2.52. The molecule has 0 aromatic carbocycles. The van der Waals surface area contributed by atoms with Crippen LogP contribution in [-0.2, 0) is 27.2 Å². The number of hydroxylamine groups is 4. The molecule has 0 unspecified atom stereocenters. The number of rotatable bonds is 16. The highest BCUT2D eigenvalue weighted by atomic mass is 16.5. The molecule has 1 fully saturated rings. The molecule has 3 amide bonds. The first-order chi connectivity index (χ1) is 15.8. The molecule has 2 rings (SSSR count). The Kier molecular flexibility index (Phi) is 11.8. The van der Waals surface area contributed by atoms with E-state index in [-0.39, 0.29) is 31.8 Å². The Labute approximate surface area is 196 Å². The number of carbonyl (C=O) groups excluding carboxylic acids is 3. The maximum absolute atomic E-state index is 12.0. The van der Waals surface area contributed by atoms with Crippen LogP contribution in [0.4, 0.5) is 0 Å². The van der Waals surface area contributed by atoms with Crippen molar-refractivity contribution in [1.29, 1.82) is 0 Å². The van der Waals surface area contributed by atoms with E-state index in [0.717, 1.165) is 49.4 Å². The molecule has 1 heterocycles. The Morgan fingerprint density at radius 3 is 2.39 bits per heavy atom. The van der Waals surface area contributed by atoms with Gasteiger partial charge in [-0.05, 0) is 75.8 Å². The van der Waals surface area contributed by atoms with E-state index >= 15 is 0 Å². The van der Waals surface area contributed by atoms with E-state index in [1.54, 1.807) is 0 Å². The van der Waals surface area contributed by atoms with Crippen LogP contribution in [0, 0.1) is 5.92 Å². The van der Waals surface area contributed by atoms with Crippen LogP contribution in [0.2, 0.25) is 0 Å². The largest absolute Gasteiger partial charge is 0.356 e. The Morgan fingerprint density at radius 1 is 0.970 bits per heavy atom. The second-order valence-corrected chi connectivity index (χ2v) is 8.79. The molecule has 1 aromatic heterocycles. The predicted octanol–water partition coefficient (Wildman–Crippen LogP) is 2.88. The third-order valence-corrected chi connectivity index (χ3v) is 5.70. The topological polar surface area (TPSA) is 123 Å². The lowest BCUT2D eigenvalue weighted by atomic mass is 10.1. The summed E-state index contributed by atoms with van der Waals surface area (Å²) in [5.74, 6) is -0.277. The molecule has 1 aliphatic rings. The van der Waals surface area contributed by atoms with Crippen LogP contribution in [0.25, 0.3) is 0 Å². The van der Waals surface area contributed by atoms with Crippen molar-refractivity contribution in [2.75, 3.05) is 19.6 Å². The standard InChI is InChI=1S/C24H38N4O5/c1-19(29)27(32)16-5-2-4-15-25-23(30)13-14-24(31)28(33)17-6-3-8-21-9-7-10-22(26-21)18-20-11-12-20/h7,9-10,20,32-33H,2-6,8,11-18H2,1H3,(H,25,30). The van der Waals surface area contributed by atoms with E-state index in [1.165, 1.54) is 19.8 Å². The van der Waals surface area contributed by atoms with Gasteiger partial charge >= 0.3 is 0 Å². The van der Waals surface area contributed by atoms with Crippen molar-refractivity contribution in [3.8, 4) is 0 Å². The van der Waals surface area contributed by atoms with Gasteiger partial charge in [0.2, 0.25) is 17.7 Å². The van der Waals surface area contributed by atoms with Crippen LogP contribution >= 0.6 is 0 Å². The smallest absolute Gasteiger partial charge is 0.246 e. The van der Waals surface area contributed by atoms with Gasteiger partial charge in [0.1, 0.15) is 0 Å². The molecular weight excluding hydrogens is 424 g/mol. The molecule has 9 heteroatoms. The predicted molar refractivity (Wildman–Crippen MR) is 122 cm³/mol. The molecule has 0 spiro atoms. The fraction of sp³-hybridized carbons (Fsp3) is 0.667. The molecule has 1 aromatic rings. The molecule has 0 bridgehead atoms. The number of amides is 3. The summed E-state index contributed by atoms with van der Waals surface area (Å²) in [5.41, 5.74) is 2.20. The molecule has 9 nitrogen and oxygen atoms in total. The number of nitrogens with one attached hydrogen (secondary N) is 1. The summed E-state index contributed by atoms with van der Waals surface area (Å²) in [6.07, 6.45) is 8.09. The molecule has 0 atom stereocenters. The zero-order valence-electron chi connectivity index (χ0n) is 19.7. The monoisotopic (exact) mass is 462 g/mol. The van der Waals surface area contributed by atoms with Gasteiger partial charge in [0.25, 0.3) is 0 Å². The van der Waals surface area contributed by atoms with Crippen molar-refractivity contribution >= 4 is 17.7 Å². The number of pyridine rings is 1. The fourth-order valence-corrected chi connectivity index (χ4v) is 3.48. The van der Waals surface area contributed by atoms with Crippen LogP contribution in [0.1, 0.15) is 76.1 Å². The molecule has 1 saturated carbocycles. The number of nitrogens with zero attached hydrogens (tertiary/aromatic N) is 3. The molecule has 3 N–H and O–H groups in total. The van der Waals surface area contributed by atoms with E-state index < -0.39 is 11.8 Å². The number of hydrogen-bond acceptors (Lipinski definition) is 6. The summed E-state index contributed by atoms with van der Waals surface area (Å²) in [6, 6.07) is 6.14. The quantitative estimate of drug-likeness (QED) is 0.197. The van der Waals surface area contributed by atoms with Gasteiger partial charge in [0.15, 0.2) is 0 Å². The number of aryl methyl sites for hydroxylation is 1. The molecule has 0 saturated heterocycles. The molecule has 0 radical (unpaired) electrons. The first-order valence-corrected chi connectivity index (χ1v) is 12.0. The normalized spacial score (nSPS) is 12.9. The van der Waals surface area contributed by atoms with E-state index in [4.69, 9.17) is 4.98 Å². The highest BCUT2D eigenvalue weighted by Gasteiger charge is 2.22. The lowest BCUT2D eigenvalue weighted by Crippen LogP contribution is -2.31. The number of aromatic nitrogens is 1. The summed E-state index contributed by atoms with van der Waals surface area (Å²) >= 11 is 0. The molecular formula is C24H38N4O5. The molecule has 1 aliphatic carbocycles. The van der Waals surface area contributed by atoms with Gasteiger partial charge < -0.3 is 5.32 Å². The van der Waals surface area contributed by atoms with E-state index in [9.17, 15) is 24.8 Å². The van der Waals surface area contributed by atoms with Crippen LogP contribution in [0.3, 0.4) is 0 Å². The van der Waals surface area contributed by atoms with Crippen LogP contribution < -0.4 is 5.32 Å². The lowest BCUT2D eigenvalue weighted by Gasteiger charge is -2.15. The van der Waals surface area contributed by atoms with Crippen molar-refractivity contribution in [1.82, 2.24) is 20.4 Å². The number of hydrogen-bond donors (Lipinski definition) is 3. The SMILES string of the molecule is CC(=O)N(O)CCCCCNC(=O)CCC(=O)N(O)CCCCc1cccc(CC2CC2)n1. The van der Waals surface area contributed by atoms with Gasteiger partial charge in [-0.25, -0.2) is 10.1 Å². The lowest BCUT2D eigenvalue weighted by molar-refractivity contribution is -0.166. The molecule has 184 valence electrons. The second-order valence-electron chi connectivity index (χ2n) is 8.79. The minimum atomic E-state index is -0.457. The molecule has 0 aliphatic heterocycles. The van der Waals surface area contributed by atoms with E-state index in [0.29, 0.717) is 29.5 Å². The number of carbonyl (C=O) groups is 3. The van der Waals surface area contributed by atoms with Gasteiger partial charge in [-0.15, -0.1) is 0 Å². The van der Waals surface area contributed by atoms with Crippen molar-refractivity contribution in [3.63, 3.8) is 0 Å². The first kappa shape index (κ1) is 26.7. The maximum Gasteiger partial charge on any atom is 0.246 e. The van der Waals surface area contributed by atoms with E-state index in [1.807, 2.05) is 12.1 Å². The van der Waals surface area contributed by atoms with Crippen LogP contribution in [-0.4, -0.2) is 62.9 Å². The van der Waals surface area contributed by atoms with Crippen molar-refractivity contribution in [2.24, 2.45) is 5.92 Å². The fourth-order valence-electron chi connectivity index (χ4n) is 3.48. The number of unbranched alkanes of at least 4 members (excludes halogenated alkanes) is 3. The summed E-state index contributed by atoms with van der Waals surface area (Å²) in [5, 5.41) is 23.3. The van der Waals surface area contributed by atoms with Gasteiger partial charge in [-0.3, -0.25) is 29.8 Å². The second kappa shape index (κ2) is 14.6. The van der Waals surface area contributed by atoms with Gasteiger partial charge in [-0.2, -0.15) is 0 Å². The van der Waals surface area contributed by atoms with Crippen LogP contribution in [0.5, 0.6) is 0 Å². The first-order valence-electron chi connectivity index (χ1n) is 12.0. The highest BCUT2D eigenvalue weighted by molar-refractivity contribution is 5.83. The van der Waals surface area contributed by atoms with Gasteiger partial charge in [0.05, 0.1) is 0 Å². The van der Waals surface area contributed by atoms with Gasteiger partial charge in [-0.1, -0.05) is 6.07 Å². The minimum absolute atomic E-state index is 0.0301. The van der Waals surface area contributed by atoms with E-state index in [2.05, 4.69) is 11.4 Å². The average molecular weight is 463 g/mol. The third kappa shape index (κ3) is 11.8. The van der Waals surface area contributed by atoms with Crippen molar-refractivity contribution in [3.05, 3.63) is 29.6 Å². The average Bonchev–Trinajstić information content (AvgIpc) is 3.61. The Bertz CT molecular complexity index is 769. The summed E-state index contributed by atoms with van der Waals surface area (Å²) in [6.45, 7) is 2.27. The zero-order chi connectivity index (χ0) is 24.1. The Balaban J connectivity index is 1.49. The van der Waals surface area contributed by atoms with Crippen molar-refractivity contribution in [2.45, 2.75) is 77.6 Å². The summed E-state index contributed by atoms with van der Waals surface area (Å²) in [4.78, 5) is 39.4. The van der Waals surface area contributed by atoms with Crippen molar-refractivity contribution < 1.29 is 24.8 Å².